The topological polar surface area (TPSA) is 116 Å². The molecule has 2 heterocycles. The molecule has 0 spiro atoms. The number of pyridine rings is 2. The molecule has 0 aliphatic rings. The summed E-state index contributed by atoms with van der Waals surface area (Å²) in [4.78, 5) is 32.9. The van der Waals surface area contributed by atoms with Gasteiger partial charge in [0.2, 0.25) is 0 Å². The first-order valence-corrected chi connectivity index (χ1v) is 10.4. The Morgan fingerprint density at radius 3 is 2.41 bits per heavy atom. The number of hydrogen-bond acceptors (Lipinski definition) is 5. The van der Waals surface area contributed by atoms with Gasteiger partial charge in [0.15, 0.2) is 0 Å². The molecule has 8 nitrogen and oxygen atoms in total. The molecule has 0 fully saturated rings. The normalized spacial score (nSPS) is 10.6. The third-order valence-electron chi connectivity index (χ3n) is 4.46. The van der Waals surface area contributed by atoms with Crippen molar-refractivity contribution in [2.24, 2.45) is 0 Å². The minimum absolute atomic E-state index is 0.0287. The van der Waals surface area contributed by atoms with E-state index in [1.165, 1.54) is 18.5 Å². The van der Waals surface area contributed by atoms with Crippen LogP contribution in [-0.2, 0) is 6.54 Å². The molecule has 1 aromatic carbocycles. The quantitative estimate of drug-likeness (QED) is 0.404. The van der Waals surface area contributed by atoms with E-state index in [0.717, 1.165) is 4.90 Å². The predicted octanol–water partition coefficient (Wildman–Crippen LogP) is 4.83. The molecule has 0 bridgehead atoms. The number of carbonyl (C=O) groups is 2. The van der Waals surface area contributed by atoms with E-state index in [2.05, 4.69) is 15.3 Å². The zero-order valence-electron chi connectivity index (χ0n) is 16.4. The number of nitrogens with zero attached hydrogens (tertiary/aromatic N) is 3. The van der Waals surface area contributed by atoms with E-state index in [9.17, 15) is 9.59 Å². The molecular formula is C21H17Cl3N4O4. The fourth-order valence-corrected chi connectivity index (χ4v) is 3.53. The van der Waals surface area contributed by atoms with Gasteiger partial charge >= 0.3 is 6.09 Å². The van der Waals surface area contributed by atoms with Gasteiger partial charge in [0.1, 0.15) is 10.8 Å². The largest absolute Gasteiger partial charge is 0.465 e. The Balaban J connectivity index is 1.78. The van der Waals surface area contributed by atoms with E-state index in [1.54, 1.807) is 30.3 Å². The van der Waals surface area contributed by atoms with E-state index in [4.69, 9.17) is 45.0 Å². The third kappa shape index (κ3) is 5.46. The van der Waals surface area contributed by atoms with Crippen molar-refractivity contribution in [3.8, 4) is 11.1 Å². The lowest BCUT2D eigenvalue weighted by atomic mass is 10.1. The van der Waals surface area contributed by atoms with Crippen molar-refractivity contribution in [1.82, 2.24) is 14.9 Å². The van der Waals surface area contributed by atoms with E-state index in [1.807, 2.05) is 0 Å². The standard InChI is InChI=1S/C21H17Cl3N4O4/c22-17-13(14-6-7-25-19(24)18(14)23)2-1-3-15(17)27-20(30)16-5-4-12(10-26-16)11-28(8-9-29)21(31)32/h1-7,10,29H,8-9,11H2,(H,27,30)(H,31,32). The maximum atomic E-state index is 12.7. The number of rotatable bonds is 7. The average molecular weight is 496 g/mol. The highest BCUT2D eigenvalue weighted by atomic mass is 35.5. The van der Waals surface area contributed by atoms with Crippen molar-refractivity contribution < 1.29 is 19.8 Å². The highest BCUT2D eigenvalue weighted by Gasteiger charge is 2.17. The number of carboxylic acid groups (broad SMARTS) is 1. The Hall–Kier alpha value is -2.91. The number of halogens is 3. The molecule has 0 atom stereocenters. The number of aliphatic hydroxyl groups is 1. The maximum absolute atomic E-state index is 12.7. The van der Waals surface area contributed by atoms with E-state index >= 15 is 0 Å². The molecular weight excluding hydrogens is 479 g/mol. The smallest absolute Gasteiger partial charge is 0.407 e. The van der Waals surface area contributed by atoms with Crippen molar-refractivity contribution in [3.63, 3.8) is 0 Å². The van der Waals surface area contributed by atoms with Crippen molar-refractivity contribution in [1.29, 1.82) is 0 Å². The number of nitrogens with one attached hydrogen (secondary N) is 1. The van der Waals surface area contributed by atoms with Gasteiger partial charge in [0, 0.05) is 30.1 Å². The fraction of sp³-hybridized carbons (Fsp3) is 0.143. The number of aromatic nitrogens is 2. The SMILES string of the molecule is O=C(Nc1cccc(-c2ccnc(Cl)c2Cl)c1Cl)c1ccc(CN(CCO)C(=O)O)cn1. The summed E-state index contributed by atoms with van der Waals surface area (Å²) in [5.41, 5.74) is 2.18. The van der Waals surface area contributed by atoms with Crippen LogP contribution in [0.1, 0.15) is 16.1 Å². The van der Waals surface area contributed by atoms with Crippen molar-refractivity contribution in [3.05, 3.63) is 75.2 Å². The summed E-state index contributed by atoms with van der Waals surface area (Å²) < 4.78 is 0. The summed E-state index contributed by atoms with van der Waals surface area (Å²) in [5.74, 6) is -0.500. The summed E-state index contributed by atoms with van der Waals surface area (Å²) >= 11 is 18.7. The van der Waals surface area contributed by atoms with Crippen LogP contribution in [0.25, 0.3) is 11.1 Å². The van der Waals surface area contributed by atoms with Crippen LogP contribution in [0.5, 0.6) is 0 Å². The van der Waals surface area contributed by atoms with E-state index in [-0.39, 0.29) is 40.6 Å². The van der Waals surface area contributed by atoms with Crippen molar-refractivity contribution in [2.45, 2.75) is 6.54 Å². The predicted molar refractivity (Wildman–Crippen MR) is 122 cm³/mol. The van der Waals surface area contributed by atoms with Gasteiger partial charge in [-0.1, -0.05) is 53.0 Å². The minimum atomic E-state index is -1.16. The highest BCUT2D eigenvalue weighted by Crippen LogP contribution is 2.39. The molecule has 0 radical (unpaired) electrons. The summed E-state index contributed by atoms with van der Waals surface area (Å²) in [6, 6.07) is 9.81. The summed E-state index contributed by atoms with van der Waals surface area (Å²) in [6.07, 6.45) is 1.74. The number of hydrogen-bond donors (Lipinski definition) is 3. The second-order valence-electron chi connectivity index (χ2n) is 6.56. The van der Waals surface area contributed by atoms with Gasteiger partial charge in [-0.05, 0) is 23.8 Å². The molecule has 0 unspecified atom stereocenters. The summed E-state index contributed by atoms with van der Waals surface area (Å²) in [5, 5.41) is 21.5. The van der Waals surface area contributed by atoms with Gasteiger partial charge in [-0.15, -0.1) is 0 Å². The highest BCUT2D eigenvalue weighted by molar-refractivity contribution is 6.44. The second kappa shape index (κ2) is 10.6. The number of aliphatic hydroxyl groups excluding tert-OH is 1. The first kappa shape index (κ1) is 23.7. The lowest BCUT2D eigenvalue weighted by Crippen LogP contribution is -2.31. The zero-order chi connectivity index (χ0) is 23.3. The van der Waals surface area contributed by atoms with E-state index < -0.39 is 12.0 Å². The number of amides is 2. The molecule has 3 aromatic rings. The molecule has 0 aliphatic heterocycles. The zero-order valence-corrected chi connectivity index (χ0v) is 18.7. The maximum Gasteiger partial charge on any atom is 0.407 e. The Morgan fingerprint density at radius 2 is 1.75 bits per heavy atom. The lowest BCUT2D eigenvalue weighted by Gasteiger charge is -2.17. The molecule has 11 heteroatoms. The van der Waals surface area contributed by atoms with Crippen LogP contribution in [-0.4, -0.2) is 50.2 Å². The van der Waals surface area contributed by atoms with Crippen LogP contribution in [0.4, 0.5) is 10.5 Å². The first-order chi connectivity index (χ1) is 15.3. The van der Waals surface area contributed by atoms with Gasteiger partial charge in [0.05, 0.1) is 28.9 Å². The molecule has 0 saturated heterocycles. The number of anilines is 1. The second-order valence-corrected chi connectivity index (χ2v) is 7.68. The Morgan fingerprint density at radius 1 is 1.00 bits per heavy atom. The van der Waals surface area contributed by atoms with Gasteiger partial charge in [-0.2, -0.15) is 0 Å². The molecule has 3 rings (SSSR count). The molecule has 0 saturated carbocycles. The molecule has 2 amide bonds. The van der Waals surface area contributed by atoms with Crippen LogP contribution in [0.2, 0.25) is 15.2 Å². The molecule has 166 valence electrons. The van der Waals surface area contributed by atoms with Gasteiger partial charge in [-0.25, -0.2) is 9.78 Å². The van der Waals surface area contributed by atoms with Crippen LogP contribution in [0, 0.1) is 0 Å². The monoisotopic (exact) mass is 494 g/mol. The van der Waals surface area contributed by atoms with E-state index in [0.29, 0.717) is 22.4 Å². The van der Waals surface area contributed by atoms with Crippen LogP contribution >= 0.6 is 34.8 Å². The fourth-order valence-electron chi connectivity index (χ4n) is 2.88. The Kier molecular flexibility index (Phi) is 7.87. The first-order valence-electron chi connectivity index (χ1n) is 9.25. The van der Waals surface area contributed by atoms with Gasteiger partial charge in [-0.3, -0.25) is 9.78 Å². The van der Waals surface area contributed by atoms with Crippen LogP contribution in [0.15, 0.2) is 48.8 Å². The van der Waals surface area contributed by atoms with Gasteiger partial charge < -0.3 is 20.4 Å². The van der Waals surface area contributed by atoms with Gasteiger partial charge in [0.25, 0.3) is 5.91 Å². The summed E-state index contributed by atoms with van der Waals surface area (Å²) in [7, 11) is 0. The van der Waals surface area contributed by atoms with Crippen LogP contribution in [0.3, 0.4) is 0 Å². The molecule has 0 aliphatic carbocycles. The minimum Gasteiger partial charge on any atom is -0.465 e. The molecule has 3 N–H and O–H groups in total. The Labute approximate surface area is 198 Å². The lowest BCUT2D eigenvalue weighted by molar-refractivity contribution is 0.102. The van der Waals surface area contributed by atoms with Crippen molar-refractivity contribution >= 4 is 52.5 Å². The number of carbonyl (C=O) groups excluding carboxylic acids is 1. The molecule has 2 aromatic heterocycles. The number of benzene rings is 1. The van der Waals surface area contributed by atoms with Crippen LogP contribution < -0.4 is 5.32 Å². The molecule has 32 heavy (non-hydrogen) atoms. The summed E-state index contributed by atoms with van der Waals surface area (Å²) in [6.45, 7) is -0.288. The van der Waals surface area contributed by atoms with Crippen molar-refractivity contribution in [2.75, 3.05) is 18.5 Å². The Bertz CT molecular complexity index is 1140. The third-order valence-corrected chi connectivity index (χ3v) is 5.63. The average Bonchev–Trinajstić information content (AvgIpc) is 2.77.